The molecule has 116 valence electrons. The van der Waals surface area contributed by atoms with Gasteiger partial charge in [0.05, 0.1) is 12.6 Å². The lowest BCUT2D eigenvalue weighted by Crippen LogP contribution is -2.29. The standard InChI is InChI=1S/C22H19N2/c1-15-11-17-6-4-7-18-12-16-5-3-8-19(13-16)24-10-9-23(2)22(24)20(15)14-21(17)18/h3-11,13-14H,12H2,1-2H3/q+1/i12D2. The van der Waals surface area contributed by atoms with Crippen molar-refractivity contribution in [1.29, 1.82) is 0 Å². The molecule has 0 spiro atoms. The zero-order valence-corrected chi connectivity index (χ0v) is 13.7. The van der Waals surface area contributed by atoms with E-state index in [1.165, 1.54) is 5.56 Å². The molecule has 0 saturated heterocycles. The minimum absolute atomic E-state index is 0.675. The highest BCUT2D eigenvalue weighted by Crippen LogP contribution is 2.32. The molecular weight excluding hydrogens is 292 g/mol. The average Bonchev–Trinajstić information content (AvgIpc) is 3.01. The Labute approximate surface area is 144 Å². The van der Waals surface area contributed by atoms with E-state index in [1.54, 1.807) is 0 Å². The Kier molecular flexibility index (Phi) is 2.33. The lowest BCUT2D eigenvalue weighted by atomic mass is 9.93. The molecule has 2 heteroatoms. The van der Waals surface area contributed by atoms with Crippen molar-refractivity contribution in [2.24, 2.45) is 7.05 Å². The van der Waals surface area contributed by atoms with E-state index in [2.05, 4.69) is 41.3 Å². The summed E-state index contributed by atoms with van der Waals surface area (Å²) in [6.07, 6.45) is 2.53. The molecule has 4 aromatic rings. The first-order chi connectivity index (χ1) is 12.5. The summed E-state index contributed by atoms with van der Waals surface area (Å²) in [7, 11) is 2.05. The van der Waals surface area contributed by atoms with Crippen LogP contribution in [0.4, 0.5) is 0 Å². The summed E-state index contributed by atoms with van der Waals surface area (Å²) in [5.41, 5.74) is 4.67. The van der Waals surface area contributed by atoms with Gasteiger partial charge in [-0.3, -0.25) is 0 Å². The van der Waals surface area contributed by atoms with Gasteiger partial charge in [-0.25, -0.2) is 4.57 Å². The van der Waals surface area contributed by atoms with Crippen molar-refractivity contribution in [3.63, 3.8) is 0 Å². The van der Waals surface area contributed by atoms with E-state index in [0.717, 1.165) is 33.4 Å². The Morgan fingerprint density at radius 3 is 2.88 bits per heavy atom. The van der Waals surface area contributed by atoms with Gasteiger partial charge in [0.25, 0.3) is 5.82 Å². The summed E-state index contributed by atoms with van der Waals surface area (Å²) in [4.78, 5) is 0. The summed E-state index contributed by atoms with van der Waals surface area (Å²) in [6.45, 7) is 2.12. The lowest BCUT2D eigenvalue weighted by molar-refractivity contribution is -0.659. The van der Waals surface area contributed by atoms with Crippen molar-refractivity contribution < 1.29 is 7.31 Å². The highest BCUT2D eigenvalue weighted by Gasteiger charge is 2.22. The van der Waals surface area contributed by atoms with Crippen molar-refractivity contribution in [2.75, 3.05) is 0 Å². The predicted molar refractivity (Wildman–Crippen MR) is 97.4 cm³/mol. The van der Waals surface area contributed by atoms with Gasteiger partial charge in [0.1, 0.15) is 18.1 Å². The van der Waals surface area contributed by atoms with Crippen LogP contribution in [-0.2, 0) is 13.4 Å². The predicted octanol–water partition coefficient (Wildman–Crippen LogP) is 4.33. The summed E-state index contributed by atoms with van der Waals surface area (Å²) in [5.74, 6) is 1.10. The van der Waals surface area contributed by atoms with Crippen LogP contribution < -0.4 is 4.57 Å². The lowest BCUT2D eigenvalue weighted by Gasteiger charge is -2.14. The second-order valence-electron chi connectivity index (χ2n) is 6.47. The first-order valence-corrected chi connectivity index (χ1v) is 8.19. The van der Waals surface area contributed by atoms with Crippen LogP contribution in [0.3, 0.4) is 0 Å². The van der Waals surface area contributed by atoms with Crippen LogP contribution in [0.5, 0.6) is 0 Å². The van der Waals surface area contributed by atoms with Gasteiger partial charge in [0.15, 0.2) is 0 Å². The Morgan fingerprint density at radius 2 is 1.96 bits per heavy atom. The highest BCUT2D eigenvalue weighted by molar-refractivity contribution is 5.91. The van der Waals surface area contributed by atoms with Crippen molar-refractivity contribution in [1.82, 2.24) is 4.57 Å². The van der Waals surface area contributed by atoms with Crippen molar-refractivity contribution in [3.05, 3.63) is 83.7 Å². The van der Waals surface area contributed by atoms with Crippen LogP contribution in [0.1, 0.15) is 19.4 Å². The molecular formula is C22H19N2+. The maximum atomic E-state index is 8.88. The number of aromatic nitrogens is 2. The molecule has 0 aliphatic carbocycles. The number of nitrogens with zero attached hydrogens (tertiary/aromatic N) is 2. The molecule has 1 aliphatic heterocycles. The number of rotatable bonds is 0. The summed E-state index contributed by atoms with van der Waals surface area (Å²) >= 11 is 0. The van der Waals surface area contributed by atoms with Gasteiger partial charge in [-0.1, -0.05) is 36.4 Å². The molecule has 4 bridgehead atoms. The van der Waals surface area contributed by atoms with Crippen LogP contribution in [-0.4, -0.2) is 4.57 Å². The van der Waals surface area contributed by atoms with Crippen LogP contribution in [0.25, 0.3) is 27.8 Å². The van der Waals surface area contributed by atoms with E-state index in [1.807, 2.05) is 48.8 Å². The molecule has 24 heavy (non-hydrogen) atoms. The monoisotopic (exact) mass is 313 g/mol. The fourth-order valence-electron chi connectivity index (χ4n) is 3.68. The van der Waals surface area contributed by atoms with Gasteiger partial charge >= 0.3 is 0 Å². The number of fused-ring (bicyclic) bond motifs is 6. The van der Waals surface area contributed by atoms with Gasteiger partial charge in [-0.05, 0) is 59.0 Å². The minimum atomic E-state index is -1.56. The molecule has 1 aromatic heterocycles. The summed E-state index contributed by atoms with van der Waals surface area (Å²) < 4.78 is 22.0. The first kappa shape index (κ1) is 11.6. The summed E-state index contributed by atoms with van der Waals surface area (Å²) in [5, 5.41) is 2.04. The van der Waals surface area contributed by atoms with Gasteiger partial charge in [0, 0.05) is 2.74 Å². The zero-order chi connectivity index (χ0) is 18.1. The van der Waals surface area contributed by atoms with Crippen molar-refractivity contribution >= 4 is 10.8 Å². The zero-order valence-electron chi connectivity index (χ0n) is 15.7. The third kappa shape index (κ3) is 1.86. The van der Waals surface area contributed by atoms with E-state index in [9.17, 15) is 0 Å². The van der Waals surface area contributed by atoms with E-state index in [0.29, 0.717) is 5.56 Å². The van der Waals surface area contributed by atoms with Gasteiger partial charge in [-0.2, -0.15) is 4.57 Å². The second-order valence-corrected chi connectivity index (χ2v) is 6.47. The SMILES string of the molecule is [2H]C1([2H])c2cccc(c2)-n2cc[n+](C)c2-c2cc3c1cccc3cc2C. The molecule has 0 radical (unpaired) electrons. The Morgan fingerprint density at radius 1 is 1.08 bits per heavy atom. The summed E-state index contributed by atoms with van der Waals surface area (Å²) in [6, 6.07) is 18.0. The normalized spacial score (nSPS) is 15.8. The fraction of sp³-hybridized carbons (Fsp3) is 0.136. The molecule has 0 atom stereocenters. The molecule has 2 heterocycles. The van der Waals surface area contributed by atoms with Crippen LogP contribution in [0, 0.1) is 6.92 Å². The van der Waals surface area contributed by atoms with Crippen molar-refractivity contribution in [3.8, 4) is 17.1 Å². The Hall–Kier alpha value is -2.87. The van der Waals surface area contributed by atoms with Crippen LogP contribution >= 0.6 is 0 Å². The largest absolute Gasteiger partial charge is 0.294 e. The third-order valence-corrected chi connectivity index (χ3v) is 4.87. The van der Waals surface area contributed by atoms with E-state index in [-0.39, 0.29) is 0 Å². The smallest absolute Gasteiger partial charge is 0.232 e. The molecule has 2 nitrogen and oxygen atoms in total. The van der Waals surface area contributed by atoms with Crippen LogP contribution in [0.15, 0.2) is 67.0 Å². The number of imidazole rings is 1. The number of hydrogen-bond donors (Lipinski definition) is 0. The molecule has 0 fully saturated rings. The average molecular weight is 313 g/mol. The Bertz CT molecular complexity index is 1190. The van der Waals surface area contributed by atoms with Gasteiger partial charge in [0.2, 0.25) is 0 Å². The topological polar surface area (TPSA) is 8.81 Å². The number of aryl methyl sites for hydroxylation is 2. The minimum Gasteiger partial charge on any atom is -0.232 e. The maximum absolute atomic E-state index is 8.88. The molecule has 5 rings (SSSR count). The maximum Gasteiger partial charge on any atom is 0.294 e. The molecule has 3 aromatic carbocycles. The molecule has 0 unspecified atom stereocenters. The molecule has 1 aliphatic rings. The fourth-order valence-corrected chi connectivity index (χ4v) is 3.68. The van der Waals surface area contributed by atoms with Crippen molar-refractivity contribution in [2.45, 2.75) is 13.3 Å². The third-order valence-electron chi connectivity index (χ3n) is 4.87. The quantitative estimate of drug-likeness (QED) is 0.427. The molecule has 0 N–H and O–H groups in total. The van der Waals surface area contributed by atoms with E-state index in [4.69, 9.17) is 2.74 Å². The van der Waals surface area contributed by atoms with E-state index < -0.39 is 6.37 Å². The first-order valence-electron chi connectivity index (χ1n) is 9.19. The molecule has 0 amide bonds. The molecule has 0 saturated carbocycles. The van der Waals surface area contributed by atoms with Gasteiger partial charge in [-0.15, -0.1) is 0 Å². The van der Waals surface area contributed by atoms with Gasteiger partial charge < -0.3 is 0 Å². The highest BCUT2D eigenvalue weighted by atomic mass is 15.1. The number of hydrogen-bond acceptors (Lipinski definition) is 0. The number of benzene rings is 3. The van der Waals surface area contributed by atoms with Crippen LogP contribution in [0.2, 0.25) is 0 Å². The van der Waals surface area contributed by atoms with E-state index >= 15 is 0 Å². The Balaban J connectivity index is 2.03. The second kappa shape index (κ2) is 4.81.